The molecule has 0 aromatic heterocycles. The topological polar surface area (TPSA) is 0 Å². The molecular weight excluding hydrogens is 122 g/mol. The summed E-state index contributed by atoms with van der Waals surface area (Å²) in [4.78, 5) is 0. The van der Waals surface area contributed by atoms with Crippen LogP contribution in [0.3, 0.4) is 0 Å². The molecule has 1 rings (SSSR count). The minimum Gasteiger partial charge on any atom is -0.207 e. The van der Waals surface area contributed by atoms with E-state index >= 15 is 0 Å². The maximum atomic E-state index is 11.8. The molecular formula is C7H14F2. The maximum absolute atomic E-state index is 11.8. The van der Waals surface area contributed by atoms with Crippen molar-refractivity contribution < 1.29 is 8.78 Å². The molecule has 1 aliphatic rings. The molecule has 0 amide bonds. The number of hydrogen-bond acceptors (Lipinski definition) is 0. The molecule has 9 heavy (non-hydrogen) atoms. The molecule has 0 nitrogen and oxygen atoms in total. The van der Waals surface area contributed by atoms with Crippen LogP contribution in [0.15, 0.2) is 0 Å². The Labute approximate surface area is 55.3 Å². The van der Waals surface area contributed by atoms with Gasteiger partial charge in [0.25, 0.3) is 5.92 Å². The standard InChI is InChI=1S/C5H8F2.C2H6/c1-2-4-3-5(4,6)7;1-2/h4H,2-3H2,1H3;1-2H3. The first-order valence-electron chi connectivity index (χ1n) is 3.54. The summed E-state index contributed by atoms with van der Waals surface area (Å²) >= 11 is 0. The molecule has 2 heteroatoms. The lowest BCUT2D eigenvalue weighted by atomic mass is 10.3. The van der Waals surface area contributed by atoms with Crippen molar-refractivity contribution in [3.63, 3.8) is 0 Å². The lowest BCUT2D eigenvalue weighted by Crippen LogP contribution is -1.90. The summed E-state index contributed by atoms with van der Waals surface area (Å²) in [5.41, 5.74) is 0. The number of rotatable bonds is 1. The van der Waals surface area contributed by atoms with Crippen molar-refractivity contribution in [2.45, 2.75) is 39.5 Å². The van der Waals surface area contributed by atoms with Gasteiger partial charge in [0, 0.05) is 12.3 Å². The van der Waals surface area contributed by atoms with E-state index in [1.807, 2.05) is 13.8 Å². The van der Waals surface area contributed by atoms with Crippen LogP contribution in [0.2, 0.25) is 0 Å². The molecule has 0 aliphatic heterocycles. The molecule has 1 unspecified atom stereocenters. The Bertz CT molecular complexity index is 79.0. The van der Waals surface area contributed by atoms with Crippen molar-refractivity contribution in [2.75, 3.05) is 0 Å². The minimum absolute atomic E-state index is 0.128. The highest BCUT2D eigenvalue weighted by Gasteiger charge is 2.55. The van der Waals surface area contributed by atoms with E-state index in [0.29, 0.717) is 6.42 Å². The van der Waals surface area contributed by atoms with Gasteiger partial charge in [0.2, 0.25) is 0 Å². The van der Waals surface area contributed by atoms with Gasteiger partial charge in [-0.25, -0.2) is 8.78 Å². The average molecular weight is 136 g/mol. The molecule has 0 heterocycles. The monoisotopic (exact) mass is 136 g/mol. The van der Waals surface area contributed by atoms with Crippen molar-refractivity contribution in [1.29, 1.82) is 0 Å². The van der Waals surface area contributed by atoms with Crippen LogP contribution in [0, 0.1) is 5.92 Å². The zero-order valence-electron chi connectivity index (χ0n) is 6.25. The van der Waals surface area contributed by atoms with E-state index < -0.39 is 5.92 Å². The second-order valence-electron chi connectivity index (χ2n) is 2.07. The van der Waals surface area contributed by atoms with Crippen LogP contribution in [0.4, 0.5) is 8.78 Å². The van der Waals surface area contributed by atoms with Gasteiger partial charge in [-0.3, -0.25) is 0 Å². The minimum atomic E-state index is -2.28. The summed E-state index contributed by atoms with van der Waals surface area (Å²) < 4.78 is 23.6. The second kappa shape index (κ2) is 3.14. The van der Waals surface area contributed by atoms with Crippen molar-refractivity contribution in [3.8, 4) is 0 Å². The van der Waals surface area contributed by atoms with Crippen LogP contribution in [0.1, 0.15) is 33.6 Å². The van der Waals surface area contributed by atoms with Crippen molar-refractivity contribution in [2.24, 2.45) is 5.92 Å². The lowest BCUT2D eigenvalue weighted by Gasteiger charge is -1.87. The molecule has 1 fully saturated rings. The van der Waals surface area contributed by atoms with E-state index in [-0.39, 0.29) is 12.3 Å². The Hall–Kier alpha value is -0.140. The first-order valence-corrected chi connectivity index (χ1v) is 3.54. The van der Waals surface area contributed by atoms with E-state index in [1.54, 1.807) is 6.92 Å². The summed E-state index contributed by atoms with van der Waals surface area (Å²) in [6, 6.07) is 0. The summed E-state index contributed by atoms with van der Waals surface area (Å²) in [6.45, 7) is 5.80. The molecule has 1 aliphatic carbocycles. The van der Waals surface area contributed by atoms with Crippen LogP contribution in [-0.2, 0) is 0 Å². The van der Waals surface area contributed by atoms with Gasteiger partial charge in [0.15, 0.2) is 0 Å². The largest absolute Gasteiger partial charge is 0.251 e. The molecule has 1 saturated carbocycles. The van der Waals surface area contributed by atoms with Crippen LogP contribution >= 0.6 is 0 Å². The first kappa shape index (κ1) is 8.86. The van der Waals surface area contributed by atoms with Crippen LogP contribution in [-0.4, -0.2) is 5.92 Å². The molecule has 0 spiro atoms. The molecule has 56 valence electrons. The molecule has 1 atom stereocenters. The Morgan fingerprint density at radius 2 is 1.78 bits per heavy atom. The van der Waals surface area contributed by atoms with Gasteiger partial charge in [0.05, 0.1) is 0 Å². The SMILES string of the molecule is CC.CCC1CC1(F)F. The Kier molecular flexibility index (Phi) is 3.09. The van der Waals surface area contributed by atoms with Crippen LogP contribution in [0.5, 0.6) is 0 Å². The third kappa shape index (κ3) is 2.29. The van der Waals surface area contributed by atoms with Crippen LogP contribution in [0.25, 0.3) is 0 Å². The van der Waals surface area contributed by atoms with Crippen molar-refractivity contribution in [3.05, 3.63) is 0 Å². The highest BCUT2D eigenvalue weighted by Crippen LogP contribution is 2.50. The van der Waals surface area contributed by atoms with E-state index in [2.05, 4.69) is 0 Å². The quantitative estimate of drug-likeness (QED) is 0.519. The first-order chi connectivity index (χ1) is 4.17. The predicted octanol–water partition coefficient (Wildman–Crippen LogP) is 3.08. The molecule has 0 bridgehead atoms. The third-order valence-corrected chi connectivity index (χ3v) is 1.45. The lowest BCUT2D eigenvalue weighted by molar-refractivity contribution is 0.0981. The van der Waals surface area contributed by atoms with Gasteiger partial charge in [-0.2, -0.15) is 0 Å². The second-order valence-corrected chi connectivity index (χ2v) is 2.07. The number of hydrogen-bond donors (Lipinski definition) is 0. The fraction of sp³-hybridized carbons (Fsp3) is 1.00. The van der Waals surface area contributed by atoms with Gasteiger partial charge >= 0.3 is 0 Å². The molecule has 0 N–H and O–H groups in total. The maximum Gasteiger partial charge on any atom is 0.251 e. The van der Waals surface area contributed by atoms with Gasteiger partial charge < -0.3 is 0 Å². The summed E-state index contributed by atoms with van der Waals surface area (Å²) in [5.74, 6) is -2.57. The Balaban J connectivity index is 0.000000291. The van der Waals surface area contributed by atoms with Crippen molar-refractivity contribution >= 4 is 0 Å². The Morgan fingerprint density at radius 1 is 1.44 bits per heavy atom. The number of halogens is 2. The molecule has 0 saturated heterocycles. The highest BCUT2D eigenvalue weighted by molar-refractivity contribution is 4.93. The summed E-state index contributed by atoms with van der Waals surface area (Å²) in [5, 5.41) is 0. The van der Waals surface area contributed by atoms with Crippen LogP contribution < -0.4 is 0 Å². The summed E-state index contributed by atoms with van der Waals surface area (Å²) in [7, 11) is 0. The number of alkyl halides is 2. The van der Waals surface area contributed by atoms with E-state index in [1.165, 1.54) is 0 Å². The fourth-order valence-corrected chi connectivity index (χ4v) is 0.713. The van der Waals surface area contributed by atoms with E-state index in [0.717, 1.165) is 0 Å². The zero-order valence-corrected chi connectivity index (χ0v) is 6.25. The van der Waals surface area contributed by atoms with Crippen molar-refractivity contribution in [1.82, 2.24) is 0 Å². The normalized spacial score (nSPS) is 28.3. The van der Waals surface area contributed by atoms with Gasteiger partial charge in [-0.1, -0.05) is 20.8 Å². The predicted molar refractivity (Wildman–Crippen MR) is 34.7 cm³/mol. The summed E-state index contributed by atoms with van der Waals surface area (Å²) in [6.07, 6.45) is 0.760. The highest BCUT2D eigenvalue weighted by atomic mass is 19.3. The smallest absolute Gasteiger partial charge is 0.207 e. The molecule has 0 radical (unpaired) electrons. The average Bonchev–Trinajstić information content (AvgIpc) is 2.45. The van der Waals surface area contributed by atoms with E-state index in [9.17, 15) is 8.78 Å². The molecule has 0 aromatic rings. The molecule has 0 aromatic carbocycles. The third-order valence-electron chi connectivity index (χ3n) is 1.45. The van der Waals surface area contributed by atoms with Gasteiger partial charge in [0.1, 0.15) is 0 Å². The van der Waals surface area contributed by atoms with Gasteiger partial charge in [-0.15, -0.1) is 0 Å². The Morgan fingerprint density at radius 3 is 1.78 bits per heavy atom. The fourth-order valence-electron chi connectivity index (χ4n) is 0.713. The van der Waals surface area contributed by atoms with E-state index in [4.69, 9.17) is 0 Å². The van der Waals surface area contributed by atoms with Gasteiger partial charge in [-0.05, 0) is 6.42 Å². The zero-order chi connectivity index (χ0) is 7.49.